The van der Waals surface area contributed by atoms with Crippen molar-refractivity contribution in [2.45, 2.75) is 19.9 Å². The topological polar surface area (TPSA) is 22.0 Å². The summed E-state index contributed by atoms with van der Waals surface area (Å²) in [6.45, 7) is 4.09. The molecule has 4 heteroatoms. The first-order valence-corrected chi connectivity index (χ1v) is 8.40. The molecular weight excluding hydrogens is 332 g/mol. The van der Waals surface area contributed by atoms with E-state index in [9.17, 15) is 13.6 Å². The van der Waals surface area contributed by atoms with E-state index in [-0.39, 0.29) is 17.7 Å². The molecule has 0 atom stereocenters. The lowest BCUT2D eigenvalue weighted by atomic mass is 9.96. The van der Waals surface area contributed by atoms with Gasteiger partial charge in [-0.2, -0.15) is 0 Å². The predicted octanol–water partition coefficient (Wildman–Crippen LogP) is 5.89. The number of aldehydes is 1. The van der Waals surface area contributed by atoms with Crippen molar-refractivity contribution in [2.24, 2.45) is 0 Å². The largest absolute Gasteiger partial charge is 0.344 e. The summed E-state index contributed by atoms with van der Waals surface area (Å²) in [7, 11) is 0. The van der Waals surface area contributed by atoms with Crippen LogP contribution in [0.15, 0.2) is 60.8 Å². The molecule has 3 aromatic rings. The Labute approximate surface area is 151 Å². The molecule has 0 aliphatic heterocycles. The number of nitrogens with zero attached hydrogens (tertiary/aromatic N) is 1. The van der Waals surface area contributed by atoms with Gasteiger partial charge in [0.05, 0.1) is 0 Å². The highest BCUT2D eigenvalue weighted by Crippen LogP contribution is 2.39. The second kappa shape index (κ2) is 7.48. The van der Waals surface area contributed by atoms with Gasteiger partial charge in [-0.1, -0.05) is 24.3 Å². The molecule has 0 aliphatic rings. The summed E-state index contributed by atoms with van der Waals surface area (Å²) in [6, 6.07) is 12.6. The fourth-order valence-electron chi connectivity index (χ4n) is 3.04. The monoisotopic (exact) mass is 351 g/mol. The Morgan fingerprint density at radius 2 is 1.42 bits per heavy atom. The highest BCUT2D eigenvalue weighted by molar-refractivity contribution is 5.90. The average molecular weight is 351 g/mol. The van der Waals surface area contributed by atoms with Gasteiger partial charge < -0.3 is 4.57 Å². The first-order valence-electron chi connectivity index (χ1n) is 8.40. The molecule has 0 aliphatic carbocycles. The van der Waals surface area contributed by atoms with Crippen LogP contribution in [0.2, 0.25) is 0 Å². The first kappa shape index (κ1) is 17.8. The van der Waals surface area contributed by atoms with Gasteiger partial charge in [0, 0.05) is 29.1 Å². The summed E-state index contributed by atoms with van der Waals surface area (Å²) in [6.07, 6.45) is 5.90. The van der Waals surface area contributed by atoms with Gasteiger partial charge in [0.2, 0.25) is 0 Å². The number of rotatable bonds is 5. The van der Waals surface area contributed by atoms with Crippen molar-refractivity contribution in [3.63, 3.8) is 0 Å². The number of allylic oxidation sites excluding steroid dienone is 1. The lowest BCUT2D eigenvalue weighted by Crippen LogP contribution is -2.01. The van der Waals surface area contributed by atoms with Crippen molar-refractivity contribution in [2.75, 3.05) is 0 Å². The molecule has 0 unspecified atom stereocenters. The van der Waals surface area contributed by atoms with Crippen LogP contribution in [0.4, 0.5) is 8.78 Å². The van der Waals surface area contributed by atoms with Crippen LogP contribution in [0.5, 0.6) is 0 Å². The van der Waals surface area contributed by atoms with Crippen LogP contribution in [0.3, 0.4) is 0 Å². The molecule has 0 saturated heterocycles. The Morgan fingerprint density at radius 1 is 0.885 bits per heavy atom. The summed E-state index contributed by atoms with van der Waals surface area (Å²) in [5.74, 6) is -0.619. The summed E-state index contributed by atoms with van der Waals surface area (Å²) in [5.41, 5.74) is 4.30. The van der Waals surface area contributed by atoms with Crippen LogP contribution in [-0.2, 0) is 4.79 Å². The van der Waals surface area contributed by atoms with E-state index in [0.717, 1.165) is 34.2 Å². The number of halogens is 2. The minimum atomic E-state index is -0.314. The highest BCUT2D eigenvalue weighted by atomic mass is 19.1. The standard InChI is InChI=1S/C22H19F2NO/c1-15(2)25-14-20(16-5-9-18(23)10-6-16)22(21(25)4-3-13-26)17-7-11-19(24)12-8-17/h3-15H,1-2H3/b4-3+. The molecule has 2 nitrogen and oxygen atoms in total. The maximum atomic E-state index is 13.4. The Morgan fingerprint density at radius 3 is 1.92 bits per heavy atom. The van der Waals surface area contributed by atoms with Crippen molar-refractivity contribution in [1.29, 1.82) is 0 Å². The van der Waals surface area contributed by atoms with Crippen LogP contribution < -0.4 is 0 Å². The lowest BCUT2D eigenvalue weighted by molar-refractivity contribution is -0.104. The molecule has 1 aromatic heterocycles. The molecule has 0 spiro atoms. The van der Waals surface area contributed by atoms with Crippen molar-refractivity contribution in [3.8, 4) is 22.3 Å². The lowest BCUT2D eigenvalue weighted by Gasteiger charge is -2.12. The number of carbonyl (C=O) groups excluding carboxylic acids is 1. The van der Waals surface area contributed by atoms with E-state index >= 15 is 0 Å². The molecule has 3 rings (SSSR count). The van der Waals surface area contributed by atoms with E-state index < -0.39 is 0 Å². The fourth-order valence-corrected chi connectivity index (χ4v) is 3.04. The van der Waals surface area contributed by atoms with Gasteiger partial charge in [-0.15, -0.1) is 0 Å². The average Bonchev–Trinajstić information content (AvgIpc) is 3.01. The Kier molecular flexibility index (Phi) is 5.12. The van der Waals surface area contributed by atoms with Crippen LogP contribution >= 0.6 is 0 Å². The summed E-state index contributed by atoms with van der Waals surface area (Å²) in [4.78, 5) is 10.9. The number of carbonyl (C=O) groups is 1. The molecule has 0 radical (unpaired) electrons. The van der Waals surface area contributed by atoms with Crippen molar-refractivity contribution in [1.82, 2.24) is 4.57 Å². The molecule has 0 amide bonds. The van der Waals surface area contributed by atoms with E-state index in [1.807, 2.05) is 20.0 Å². The quantitative estimate of drug-likeness (QED) is 0.415. The van der Waals surface area contributed by atoms with E-state index in [0.29, 0.717) is 0 Å². The van der Waals surface area contributed by atoms with Crippen LogP contribution in [0.1, 0.15) is 25.6 Å². The zero-order valence-electron chi connectivity index (χ0n) is 14.6. The number of aromatic nitrogens is 1. The van der Waals surface area contributed by atoms with Gasteiger partial charge in [-0.05, 0) is 61.4 Å². The van der Waals surface area contributed by atoms with Gasteiger partial charge in [-0.3, -0.25) is 4.79 Å². The van der Waals surface area contributed by atoms with E-state index in [2.05, 4.69) is 4.57 Å². The Balaban J connectivity index is 2.31. The summed E-state index contributed by atoms with van der Waals surface area (Å²) >= 11 is 0. The van der Waals surface area contributed by atoms with Gasteiger partial charge in [0.25, 0.3) is 0 Å². The highest BCUT2D eigenvalue weighted by Gasteiger charge is 2.18. The molecule has 0 bridgehead atoms. The van der Waals surface area contributed by atoms with Crippen molar-refractivity contribution >= 4 is 12.4 Å². The number of hydrogen-bond donors (Lipinski definition) is 0. The third-order valence-electron chi connectivity index (χ3n) is 4.25. The van der Waals surface area contributed by atoms with Gasteiger partial charge >= 0.3 is 0 Å². The third kappa shape index (κ3) is 3.49. The Hall–Kier alpha value is -3.01. The number of benzene rings is 2. The maximum Gasteiger partial charge on any atom is 0.142 e. The predicted molar refractivity (Wildman–Crippen MR) is 101 cm³/mol. The van der Waals surface area contributed by atoms with E-state index in [1.165, 1.54) is 30.3 Å². The van der Waals surface area contributed by atoms with Crippen LogP contribution in [0, 0.1) is 11.6 Å². The molecule has 0 fully saturated rings. The third-order valence-corrected chi connectivity index (χ3v) is 4.25. The molecular formula is C22H19F2NO. The number of hydrogen-bond acceptors (Lipinski definition) is 1. The fraction of sp³-hybridized carbons (Fsp3) is 0.136. The van der Waals surface area contributed by atoms with Gasteiger partial charge in [0.1, 0.15) is 17.9 Å². The molecule has 0 N–H and O–H groups in total. The van der Waals surface area contributed by atoms with Crippen molar-refractivity contribution < 1.29 is 13.6 Å². The van der Waals surface area contributed by atoms with Crippen LogP contribution in [-0.4, -0.2) is 10.9 Å². The second-order valence-corrected chi connectivity index (χ2v) is 6.31. The maximum absolute atomic E-state index is 13.4. The summed E-state index contributed by atoms with van der Waals surface area (Å²) in [5, 5.41) is 0. The first-order chi connectivity index (χ1) is 12.5. The summed E-state index contributed by atoms with van der Waals surface area (Å²) < 4.78 is 28.8. The Bertz CT molecular complexity index is 936. The molecule has 0 saturated carbocycles. The van der Waals surface area contributed by atoms with Gasteiger partial charge in [0.15, 0.2) is 0 Å². The zero-order chi connectivity index (χ0) is 18.7. The molecule has 1 heterocycles. The smallest absolute Gasteiger partial charge is 0.142 e. The molecule has 2 aromatic carbocycles. The minimum Gasteiger partial charge on any atom is -0.344 e. The SMILES string of the molecule is CC(C)n1cc(-c2ccc(F)cc2)c(-c2ccc(F)cc2)c1/C=C/C=O. The molecule has 132 valence electrons. The minimum absolute atomic E-state index is 0.148. The van der Waals surface area contributed by atoms with E-state index in [4.69, 9.17) is 0 Å². The van der Waals surface area contributed by atoms with E-state index in [1.54, 1.807) is 30.3 Å². The zero-order valence-corrected chi connectivity index (χ0v) is 14.6. The normalized spacial score (nSPS) is 11.4. The van der Waals surface area contributed by atoms with Gasteiger partial charge in [-0.25, -0.2) is 8.78 Å². The molecule has 26 heavy (non-hydrogen) atoms. The van der Waals surface area contributed by atoms with Crippen molar-refractivity contribution in [3.05, 3.63) is 78.1 Å². The second-order valence-electron chi connectivity index (χ2n) is 6.31. The van der Waals surface area contributed by atoms with Crippen LogP contribution in [0.25, 0.3) is 28.3 Å².